The molecule has 4 rings (SSSR count). The molecule has 0 radical (unpaired) electrons. The predicted molar refractivity (Wildman–Crippen MR) is 102 cm³/mol. The molecule has 0 unspecified atom stereocenters. The van der Waals surface area contributed by atoms with Crippen molar-refractivity contribution in [3.63, 3.8) is 0 Å². The fourth-order valence-electron chi connectivity index (χ4n) is 2.81. The molecule has 0 saturated heterocycles. The number of benzene rings is 2. The summed E-state index contributed by atoms with van der Waals surface area (Å²) in [6, 6.07) is 13.4. The van der Waals surface area contributed by atoms with Gasteiger partial charge in [0.2, 0.25) is 0 Å². The minimum Gasteiger partial charge on any atom is -0.340 e. The number of nitro groups is 1. The number of hydrogen-bond donors (Lipinski definition) is 1. The predicted octanol–water partition coefficient (Wildman–Crippen LogP) is 4.83. The van der Waals surface area contributed by atoms with Crippen LogP contribution in [0.4, 0.5) is 5.69 Å². The summed E-state index contributed by atoms with van der Waals surface area (Å²) in [5.74, 6) is -1.41. The van der Waals surface area contributed by atoms with E-state index in [4.69, 9.17) is 11.6 Å². The number of aromatic nitrogens is 2. The van der Waals surface area contributed by atoms with Crippen molar-refractivity contribution in [3.8, 4) is 6.07 Å². The number of para-hydroxylation sites is 2. The van der Waals surface area contributed by atoms with E-state index in [0.29, 0.717) is 15.6 Å². The number of aromatic amines is 1. The average molecular weight is 397 g/mol. The van der Waals surface area contributed by atoms with E-state index in [1.165, 1.54) is 18.2 Å². The van der Waals surface area contributed by atoms with Gasteiger partial charge in [-0.05, 0) is 18.2 Å². The van der Waals surface area contributed by atoms with Crippen LogP contribution in [0.2, 0.25) is 5.02 Å². The number of nitrogens with one attached hydrogen (secondary N) is 1. The van der Waals surface area contributed by atoms with E-state index in [0.717, 1.165) is 16.9 Å². The zero-order valence-corrected chi connectivity index (χ0v) is 15.0. The largest absolute Gasteiger partial charge is 0.340 e. The van der Waals surface area contributed by atoms with Gasteiger partial charge in [0.15, 0.2) is 11.7 Å². The fraction of sp³-hybridized carbons (Fsp3) is 0.0556. The molecule has 7 nitrogen and oxygen atoms in total. The van der Waals surface area contributed by atoms with Crippen molar-refractivity contribution >= 4 is 55.5 Å². The van der Waals surface area contributed by atoms with Crippen LogP contribution in [-0.2, 0) is 0 Å². The molecule has 0 amide bonds. The van der Waals surface area contributed by atoms with Gasteiger partial charge < -0.3 is 4.98 Å². The zero-order chi connectivity index (χ0) is 19.1. The number of carbonyl (C=O) groups excluding carboxylic acids is 1. The number of nitriles is 1. The van der Waals surface area contributed by atoms with Crippen LogP contribution < -0.4 is 0 Å². The summed E-state index contributed by atoms with van der Waals surface area (Å²) in [6.07, 6.45) is 0. The van der Waals surface area contributed by atoms with Gasteiger partial charge in [-0.15, -0.1) is 11.3 Å². The highest BCUT2D eigenvalue weighted by Crippen LogP contribution is 2.39. The minimum atomic E-state index is -1.15. The molecule has 0 saturated carbocycles. The molecule has 0 bridgehead atoms. The average Bonchev–Trinajstić information content (AvgIpc) is 3.23. The lowest BCUT2D eigenvalue weighted by Crippen LogP contribution is -2.11. The molecule has 1 atom stereocenters. The second-order valence-corrected chi connectivity index (χ2v) is 7.18. The number of carbonyl (C=O) groups is 1. The first-order valence-electron chi connectivity index (χ1n) is 7.74. The van der Waals surface area contributed by atoms with Crippen LogP contribution >= 0.6 is 22.9 Å². The van der Waals surface area contributed by atoms with E-state index in [1.807, 2.05) is 18.2 Å². The van der Waals surface area contributed by atoms with E-state index in [2.05, 4.69) is 9.97 Å². The van der Waals surface area contributed by atoms with Gasteiger partial charge >= 0.3 is 0 Å². The fourth-order valence-corrected chi connectivity index (χ4v) is 4.34. The number of imidazole rings is 1. The summed E-state index contributed by atoms with van der Waals surface area (Å²) >= 11 is 7.36. The van der Waals surface area contributed by atoms with Crippen molar-refractivity contribution in [1.82, 2.24) is 9.97 Å². The Labute approximate surface area is 161 Å². The Bertz CT molecular complexity index is 1240. The summed E-state index contributed by atoms with van der Waals surface area (Å²) in [5.41, 5.74) is 1.28. The Morgan fingerprint density at radius 2 is 2.11 bits per heavy atom. The summed E-state index contributed by atoms with van der Waals surface area (Å²) in [6.45, 7) is 0. The number of hydrogen-bond acceptors (Lipinski definition) is 6. The van der Waals surface area contributed by atoms with Gasteiger partial charge in [0.05, 0.1) is 31.9 Å². The summed E-state index contributed by atoms with van der Waals surface area (Å²) in [7, 11) is 0. The number of nitrogens with zero attached hydrogens (tertiary/aromatic N) is 3. The molecule has 4 aromatic rings. The number of thiophene rings is 1. The first-order valence-corrected chi connectivity index (χ1v) is 8.94. The molecule has 2 aromatic heterocycles. The van der Waals surface area contributed by atoms with Gasteiger partial charge in [-0.3, -0.25) is 14.9 Å². The van der Waals surface area contributed by atoms with E-state index in [1.54, 1.807) is 12.1 Å². The van der Waals surface area contributed by atoms with Gasteiger partial charge in [0.25, 0.3) is 5.69 Å². The van der Waals surface area contributed by atoms with E-state index in [-0.39, 0.29) is 21.4 Å². The zero-order valence-electron chi connectivity index (χ0n) is 13.5. The maximum Gasteiger partial charge on any atom is 0.270 e. The SMILES string of the molecule is N#C[C@@H](C(=O)c1sc2cc([N+](=O)[O-])ccc2c1Cl)c1nc2ccccc2[nH]1. The van der Waals surface area contributed by atoms with E-state index < -0.39 is 16.6 Å². The number of H-pyrrole nitrogens is 1. The van der Waals surface area contributed by atoms with Gasteiger partial charge in [-0.2, -0.15) is 5.26 Å². The number of halogens is 1. The second-order valence-electron chi connectivity index (χ2n) is 5.75. The van der Waals surface area contributed by atoms with Crippen LogP contribution in [-0.4, -0.2) is 20.7 Å². The third-order valence-electron chi connectivity index (χ3n) is 4.12. The lowest BCUT2D eigenvalue weighted by molar-refractivity contribution is -0.384. The summed E-state index contributed by atoms with van der Waals surface area (Å²) in [5, 5.41) is 21.2. The molecule has 132 valence electrons. The Balaban J connectivity index is 1.79. The van der Waals surface area contributed by atoms with Crippen molar-refractivity contribution in [2.45, 2.75) is 5.92 Å². The first-order chi connectivity index (χ1) is 13.0. The normalized spacial score (nSPS) is 12.1. The highest BCUT2D eigenvalue weighted by molar-refractivity contribution is 7.21. The molecule has 0 aliphatic heterocycles. The van der Waals surface area contributed by atoms with Crippen LogP contribution in [0.25, 0.3) is 21.1 Å². The standard InChI is InChI=1S/C18H9ClN4O3S/c19-15-10-6-5-9(23(25)26)7-14(10)27-17(15)16(24)11(8-20)18-21-12-3-1-2-4-13(12)22-18/h1-7,11H,(H,21,22)/t11-/m0/s1. The van der Waals surface area contributed by atoms with Crippen molar-refractivity contribution in [2.24, 2.45) is 0 Å². The summed E-state index contributed by atoms with van der Waals surface area (Å²) in [4.78, 5) is 30.9. The maximum atomic E-state index is 13.0. The van der Waals surface area contributed by atoms with Gasteiger partial charge in [0, 0.05) is 22.2 Å². The monoisotopic (exact) mass is 396 g/mol. The molecular formula is C18H9ClN4O3S. The van der Waals surface area contributed by atoms with Gasteiger partial charge in [0.1, 0.15) is 5.82 Å². The van der Waals surface area contributed by atoms with E-state index >= 15 is 0 Å². The van der Waals surface area contributed by atoms with Crippen LogP contribution in [0, 0.1) is 21.4 Å². The third kappa shape index (κ3) is 2.83. The number of Topliss-reactive ketones (excluding diaryl/α,β-unsaturated/α-hetero) is 1. The van der Waals surface area contributed by atoms with Crippen LogP contribution in [0.3, 0.4) is 0 Å². The van der Waals surface area contributed by atoms with Crippen molar-refractivity contribution in [1.29, 1.82) is 5.26 Å². The molecule has 2 heterocycles. The van der Waals surface area contributed by atoms with Gasteiger partial charge in [-0.25, -0.2) is 4.98 Å². The number of non-ortho nitro benzene ring substituents is 1. The minimum absolute atomic E-state index is 0.0893. The second kappa shape index (κ2) is 6.46. The lowest BCUT2D eigenvalue weighted by Gasteiger charge is -2.03. The molecule has 0 fully saturated rings. The molecule has 1 N–H and O–H groups in total. The molecule has 27 heavy (non-hydrogen) atoms. The molecule has 2 aromatic carbocycles. The molecule has 0 spiro atoms. The number of ketones is 1. The smallest absolute Gasteiger partial charge is 0.270 e. The van der Waals surface area contributed by atoms with Crippen molar-refractivity contribution in [3.05, 3.63) is 68.3 Å². The number of rotatable bonds is 4. The molecule has 0 aliphatic carbocycles. The Morgan fingerprint density at radius 3 is 2.81 bits per heavy atom. The third-order valence-corrected chi connectivity index (χ3v) is 5.79. The number of nitro benzene ring substituents is 1. The van der Waals surface area contributed by atoms with Crippen LogP contribution in [0.15, 0.2) is 42.5 Å². The van der Waals surface area contributed by atoms with Gasteiger partial charge in [-0.1, -0.05) is 23.7 Å². The molecular weight excluding hydrogens is 388 g/mol. The Morgan fingerprint density at radius 1 is 1.33 bits per heavy atom. The van der Waals surface area contributed by atoms with Crippen molar-refractivity contribution < 1.29 is 9.72 Å². The van der Waals surface area contributed by atoms with Crippen LogP contribution in [0.5, 0.6) is 0 Å². The highest BCUT2D eigenvalue weighted by atomic mass is 35.5. The topological polar surface area (TPSA) is 113 Å². The highest BCUT2D eigenvalue weighted by Gasteiger charge is 2.29. The van der Waals surface area contributed by atoms with Crippen LogP contribution in [0.1, 0.15) is 21.4 Å². The quantitative estimate of drug-likeness (QED) is 0.301. The Hall–Kier alpha value is -3.28. The molecule has 0 aliphatic rings. The van der Waals surface area contributed by atoms with Crippen molar-refractivity contribution in [2.75, 3.05) is 0 Å². The van der Waals surface area contributed by atoms with E-state index in [9.17, 15) is 20.2 Å². The summed E-state index contributed by atoms with van der Waals surface area (Å²) < 4.78 is 0.513. The number of fused-ring (bicyclic) bond motifs is 2. The first kappa shape index (κ1) is 17.1. The lowest BCUT2D eigenvalue weighted by atomic mass is 10.0. The Kier molecular flexibility index (Phi) is 4.11. The molecule has 9 heteroatoms. The maximum absolute atomic E-state index is 13.0.